The largest absolute Gasteiger partial charge is 0.495 e. The first-order valence-corrected chi connectivity index (χ1v) is 10.6. The minimum Gasteiger partial charge on any atom is -0.495 e. The lowest BCUT2D eigenvalue weighted by Crippen LogP contribution is -2.39. The molecule has 0 bridgehead atoms. The lowest BCUT2D eigenvalue weighted by Gasteiger charge is -2.34. The van der Waals surface area contributed by atoms with Gasteiger partial charge >= 0.3 is 0 Å². The third kappa shape index (κ3) is 4.42. The van der Waals surface area contributed by atoms with E-state index in [1.807, 2.05) is 18.2 Å². The number of nitrogens with two attached hydrogens (primary N) is 1. The van der Waals surface area contributed by atoms with Crippen molar-refractivity contribution in [3.05, 3.63) is 53.6 Å². The fraction of sp³-hybridized carbons (Fsp3) is 0.417. The normalized spacial score (nSPS) is 20.2. The van der Waals surface area contributed by atoms with Crippen molar-refractivity contribution < 1.29 is 14.3 Å². The SMILES string of the molecule is COc1cc(CC2CCN(c3ccc(C4CCC(=O)NC4=O)cc3)CC2)ccc1N. The molecule has 2 aliphatic rings. The highest BCUT2D eigenvalue weighted by Gasteiger charge is 2.28. The molecule has 6 heteroatoms. The van der Waals surface area contributed by atoms with Crippen LogP contribution in [0.4, 0.5) is 11.4 Å². The molecule has 158 valence electrons. The third-order valence-electron chi connectivity index (χ3n) is 6.34. The fourth-order valence-corrected chi connectivity index (χ4v) is 4.54. The van der Waals surface area contributed by atoms with Crippen molar-refractivity contribution in [3.8, 4) is 5.75 Å². The van der Waals surface area contributed by atoms with E-state index in [9.17, 15) is 9.59 Å². The Hall–Kier alpha value is -3.02. The molecule has 30 heavy (non-hydrogen) atoms. The van der Waals surface area contributed by atoms with Gasteiger partial charge in [-0.05, 0) is 67.0 Å². The maximum atomic E-state index is 12.1. The summed E-state index contributed by atoms with van der Waals surface area (Å²) in [6.45, 7) is 2.04. The second-order valence-electron chi connectivity index (χ2n) is 8.31. The van der Waals surface area contributed by atoms with Crippen molar-refractivity contribution >= 4 is 23.2 Å². The van der Waals surface area contributed by atoms with Crippen molar-refractivity contribution in [1.82, 2.24) is 5.32 Å². The smallest absolute Gasteiger partial charge is 0.234 e. The topological polar surface area (TPSA) is 84.7 Å². The number of hydrogen-bond acceptors (Lipinski definition) is 5. The van der Waals surface area contributed by atoms with Gasteiger partial charge in [-0.1, -0.05) is 18.2 Å². The first-order valence-electron chi connectivity index (χ1n) is 10.6. The highest BCUT2D eigenvalue weighted by molar-refractivity contribution is 6.00. The molecule has 1 unspecified atom stereocenters. The Kier molecular flexibility index (Phi) is 5.93. The van der Waals surface area contributed by atoms with Crippen LogP contribution in [-0.4, -0.2) is 32.0 Å². The number of nitrogen functional groups attached to an aromatic ring is 1. The standard InChI is InChI=1S/C24H29N3O3/c1-30-22-15-17(2-8-21(22)25)14-16-10-12-27(13-11-16)19-5-3-18(4-6-19)20-7-9-23(28)26-24(20)29/h2-6,8,15-16,20H,7,9-14,25H2,1H3,(H,26,28,29). The number of nitrogens with one attached hydrogen (secondary N) is 1. The summed E-state index contributed by atoms with van der Waals surface area (Å²) in [5, 5.41) is 2.44. The number of carbonyl (C=O) groups excluding carboxylic acids is 2. The molecule has 0 aliphatic carbocycles. The average Bonchev–Trinajstić information content (AvgIpc) is 2.76. The van der Waals surface area contributed by atoms with Crippen LogP contribution < -0.4 is 20.7 Å². The maximum absolute atomic E-state index is 12.1. The Bertz CT molecular complexity index is 918. The predicted molar refractivity (Wildman–Crippen MR) is 118 cm³/mol. The van der Waals surface area contributed by atoms with E-state index in [0.717, 1.165) is 43.7 Å². The van der Waals surface area contributed by atoms with Crippen LogP contribution in [0, 0.1) is 5.92 Å². The minimum absolute atomic E-state index is 0.173. The zero-order valence-electron chi connectivity index (χ0n) is 17.4. The molecule has 2 aliphatic heterocycles. The zero-order valence-corrected chi connectivity index (χ0v) is 17.4. The van der Waals surface area contributed by atoms with Crippen LogP contribution in [0.15, 0.2) is 42.5 Å². The van der Waals surface area contributed by atoms with Gasteiger partial charge in [0.15, 0.2) is 0 Å². The Morgan fingerprint density at radius 3 is 2.47 bits per heavy atom. The van der Waals surface area contributed by atoms with Gasteiger partial charge in [0.25, 0.3) is 0 Å². The molecule has 2 amide bonds. The fourth-order valence-electron chi connectivity index (χ4n) is 4.54. The number of carbonyl (C=O) groups is 2. The number of benzene rings is 2. The summed E-state index contributed by atoms with van der Waals surface area (Å²) >= 11 is 0. The number of rotatable bonds is 5. The van der Waals surface area contributed by atoms with Crippen molar-refractivity contribution in [2.24, 2.45) is 5.92 Å². The average molecular weight is 408 g/mol. The number of imide groups is 1. The molecule has 0 saturated carbocycles. The number of nitrogens with zero attached hydrogens (tertiary/aromatic N) is 1. The Balaban J connectivity index is 1.33. The summed E-state index contributed by atoms with van der Waals surface area (Å²) in [7, 11) is 1.65. The van der Waals surface area contributed by atoms with Crippen LogP contribution in [0.25, 0.3) is 0 Å². The number of hydrogen-bond donors (Lipinski definition) is 2. The van der Waals surface area contributed by atoms with Gasteiger partial charge in [0, 0.05) is 25.2 Å². The third-order valence-corrected chi connectivity index (χ3v) is 6.34. The van der Waals surface area contributed by atoms with Crippen LogP contribution in [0.3, 0.4) is 0 Å². The van der Waals surface area contributed by atoms with E-state index in [4.69, 9.17) is 10.5 Å². The van der Waals surface area contributed by atoms with Crippen LogP contribution in [0.2, 0.25) is 0 Å². The summed E-state index contributed by atoms with van der Waals surface area (Å²) in [6.07, 6.45) is 4.32. The Labute approximate surface area is 177 Å². The van der Waals surface area contributed by atoms with Crippen molar-refractivity contribution in [3.63, 3.8) is 0 Å². The quantitative estimate of drug-likeness (QED) is 0.587. The molecule has 0 spiro atoms. The molecule has 0 aromatic heterocycles. The number of ether oxygens (including phenoxy) is 1. The molecule has 3 N–H and O–H groups in total. The van der Waals surface area contributed by atoms with Gasteiger partial charge in [0.1, 0.15) is 5.75 Å². The lowest BCUT2D eigenvalue weighted by atomic mass is 9.89. The van der Waals surface area contributed by atoms with Crippen LogP contribution in [0.1, 0.15) is 42.7 Å². The first-order chi connectivity index (χ1) is 14.5. The van der Waals surface area contributed by atoms with Gasteiger partial charge in [-0.3, -0.25) is 14.9 Å². The minimum atomic E-state index is -0.223. The van der Waals surface area contributed by atoms with E-state index < -0.39 is 0 Å². The van der Waals surface area contributed by atoms with E-state index in [0.29, 0.717) is 24.4 Å². The summed E-state index contributed by atoms with van der Waals surface area (Å²) in [5.74, 6) is 0.824. The molecule has 6 nitrogen and oxygen atoms in total. The number of anilines is 2. The summed E-state index contributed by atoms with van der Waals surface area (Å²) in [5.41, 5.74) is 10.0. The van der Waals surface area contributed by atoms with Gasteiger partial charge < -0.3 is 15.4 Å². The molecular weight excluding hydrogens is 378 g/mol. The van der Waals surface area contributed by atoms with Crippen LogP contribution in [-0.2, 0) is 16.0 Å². The van der Waals surface area contributed by atoms with Crippen molar-refractivity contribution in [1.29, 1.82) is 0 Å². The van der Waals surface area contributed by atoms with E-state index in [-0.39, 0.29) is 17.7 Å². The van der Waals surface area contributed by atoms with Gasteiger partial charge in [0.2, 0.25) is 11.8 Å². The molecule has 1 atom stereocenters. The first kappa shape index (κ1) is 20.3. The van der Waals surface area contributed by atoms with Gasteiger partial charge in [-0.25, -0.2) is 0 Å². The molecule has 0 radical (unpaired) electrons. The van der Waals surface area contributed by atoms with E-state index in [2.05, 4.69) is 34.5 Å². The molecular formula is C24H29N3O3. The molecule has 2 aromatic carbocycles. The molecule has 2 aromatic rings. The Morgan fingerprint density at radius 1 is 1.07 bits per heavy atom. The second kappa shape index (κ2) is 8.78. The summed E-state index contributed by atoms with van der Waals surface area (Å²) in [4.78, 5) is 25.8. The number of methoxy groups -OCH3 is 1. The van der Waals surface area contributed by atoms with Crippen molar-refractivity contribution in [2.75, 3.05) is 30.8 Å². The zero-order chi connectivity index (χ0) is 21.1. The maximum Gasteiger partial charge on any atom is 0.234 e. The van der Waals surface area contributed by atoms with E-state index >= 15 is 0 Å². The monoisotopic (exact) mass is 407 g/mol. The lowest BCUT2D eigenvalue weighted by molar-refractivity contribution is -0.134. The molecule has 2 heterocycles. The second-order valence-corrected chi connectivity index (χ2v) is 8.31. The molecule has 2 fully saturated rings. The van der Waals surface area contributed by atoms with Gasteiger partial charge in [0.05, 0.1) is 18.7 Å². The van der Waals surface area contributed by atoms with Gasteiger partial charge in [-0.2, -0.15) is 0 Å². The van der Waals surface area contributed by atoms with Gasteiger partial charge in [-0.15, -0.1) is 0 Å². The van der Waals surface area contributed by atoms with E-state index in [1.165, 1.54) is 11.3 Å². The van der Waals surface area contributed by atoms with E-state index in [1.54, 1.807) is 7.11 Å². The van der Waals surface area contributed by atoms with Crippen LogP contribution >= 0.6 is 0 Å². The number of piperidine rings is 2. The van der Waals surface area contributed by atoms with Crippen LogP contribution in [0.5, 0.6) is 5.75 Å². The highest BCUT2D eigenvalue weighted by atomic mass is 16.5. The van der Waals surface area contributed by atoms with Crippen molar-refractivity contribution in [2.45, 2.75) is 38.0 Å². The highest BCUT2D eigenvalue weighted by Crippen LogP contribution is 2.30. The summed E-state index contributed by atoms with van der Waals surface area (Å²) < 4.78 is 5.34. The molecule has 4 rings (SSSR count). The number of amides is 2. The predicted octanol–water partition coefficient (Wildman–Crippen LogP) is 3.26. The molecule has 2 saturated heterocycles. The Morgan fingerprint density at radius 2 is 1.80 bits per heavy atom. The summed E-state index contributed by atoms with van der Waals surface area (Å²) in [6, 6.07) is 14.3.